The van der Waals surface area contributed by atoms with Gasteiger partial charge in [-0.1, -0.05) is 0 Å². The fraction of sp³-hybridized carbons (Fsp3) is 0.400. The van der Waals surface area contributed by atoms with Crippen molar-refractivity contribution in [2.24, 2.45) is 0 Å². The van der Waals surface area contributed by atoms with Gasteiger partial charge in [0, 0.05) is 25.2 Å². The van der Waals surface area contributed by atoms with Gasteiger partial charge >= 0.3 is 0 Å². The third-order valence-electron chi connectivity index (χ3n) is 2.81. The quantitative estimate of drug-likeness (QED) is 0.782. The molecule has 6 nitrogen and oxygen atoms in total. The summed E-state index contributed by atoms with van der Waals surface area (Å²) in [6, 6.07) is 8.70. The van der Waals surface area contributed by atoms with Crippen LogP contribution in [0.4, 0.5) is 5.69 Å². The first-order valence-electron chi connectivity index (χ1n) is 6.80. The summed E-state index contributed by atoms with van der Waals surface area (Å²) in [6.45, 7) is 3.24. The Morgan fingerprint density at radius 3 is 2.48 bits per heavy atom. The smallest absolute Gasteiger partial charge is 0.234 e. The molecular weight excluding hydrogens is 268 g/mol. The van der Waals surface area contributed by atoms with Crippen LogP contribution in [-0.4, -0.2) is 43.4 Å². The molecule has 0 spiro atoms. The lowest BCUT2D eigenvalue weighted by Gasteiger charge is -2.15. The van der Waals surface area contributed by atoms with Crippen LogP contribution >= 0.6 is 0 Å². The minimum atomic E-state index is -0.123. The SMILES string of the molecule is CCNC(=O)CN(C)CCC(=O)Nc1ccc(C#N)cc1. The second-order valence-electron chi connectivity index (χ2n) is 4.68. The number of benzene rings is 1. The first kappa shape index (κ1) is 16.7. The van der Waals surface area contributed by atoms with Crippen LogP contribution in [-0.2, 0) is 9.59 Å². The zero-order chi connectivity index (χ0) is 15.7. The van der Waals surface area contributed by atoms with Crippen molar-refractivity contribution in [3.05, 3.63) is 29.8 Å². The Kier molecular flexibility index (Phi) is 6.92. The lowest BCUT2D eigenvalue weighted by molar-refractivity contribution is -0.122. The number of carbonyl (C=O) groups excluding carboxylic acids is 2. The van der Waals surface area contributed by atoms with Gasteiger partial charge in [-0.25, -0.2) is 0 Å². The molecule has 0 saturated carbocycles. The Labute approximate surface area is 124 Å². The van der Waals surface area contributed by atoms with Crippen molar-refractivity contribution < 1.29 is 9.59 Å². The molecule has 2 amide bonds. The van der Waals surface area contributed by atoms with Crippen molar-refractivity contribution >= 4 is 17.5 Å². The molecule has 0 radical (unpaired) electrons. The molecule has 0 aliphatic carbocycles. The summed E-state index contributed by atoms with van der Waals surface area (Å²) in [7, 11) is 1.80. The maximum atomic E-state index is 11.8. The van der Waals surface area contributed by atoms with E-state index in [9.17, 15) is 9.59 Å². The van der Waals surface area contributed by atoms with E-state index >= 15 is 0 Å². The number of nitrogens with one attached hydrogen (secondary N) is 2. The van der Waals surface area contributed by atoms with Gasteiger partial charge < -0.3 is 10.6 Å². The summed E-state index contributed by atoms with van der Waals surface area (Å²) in [5.41, 5.74) is 1.21. The van der Waals surface area contributed by atoms with E-state index in [1.807, 2.05) is 13.0 Å². The molecule has 1 rings (SSSR count). The van der Waals surface area contributed by atoms with Gasteiger partial charge in [0.05, 0.1) is 18.2 Å². The molecule has 6 heteroatoms. The minimum Gasteiger partial charge on any atom is -0.355 e. The topological polar surface area (TPSA) is 85.2 Å². The second kappa shape index (κ2) is 8.72. The first-order valence-corrected chi connectivity index (χ1v) is 6.80. The minimum absolute atomic E-state index is 0.0486. The third kappa shape index (κ3) is 6.54. The summed E-state index contributed by atoms with van der Waals surface area (Å²) < 4.78 is 0. The maximum Gasteiger partial charge on any atom is 0.234 e. The van der Waals surface area contributed by atoms with E-state index < -0.39 is 0 Å². The molecule has 0 saturated heterocycles. The highest BCUT2D eigenvalue weighted by atomic mass is 16.2. The monoisotopic (exact) mass is 288 g/mol. The highest BCUT2D eigenvalue weighted by Gasteiger charge is 2.08. The van der Waals surface area contributed by atoms with Gasteiger partial charge in [-0.3, -0.25) is 14.5 Å². The van der Waals surface area contributed by atoms with Crippen LogP contribution in [0.25, 0.3) is 0 Å². The normalized spacial score (nSPS) is 10.0. The van der Waals surface area contributed by atoms with Crippen molar-refractivity contribution in [3.63, 3.8) is 0 Å². The van der Waals surface area contributed by atoms with Gasteiger partial charge in [-0.2, -0.15) is 5.26 Å². The van der Waals surface area contributed by atoms with Crippen LogP contribution in [0.15, 0.2) is 24.3 Å². The molecule has 1 aromatic rings. The van der Waals surface area contributed by atoms with Crippen molar-refractivity contribution in [1.82, 2.24) is 10.2 Å². The molecule has 1 aromatic carbocycles. The predicted molar refractivity (Wildman–Crippen MR) is 80.6 cm³/mol. The van der Waals surface area contributed by atoms with Gasteiger partial charge in [0.2, 0.25) is 11.8 Å². The largest absolute Gasteiger partial charge is 0.355 e. The Morgan fingerprint density at radius 1 is 1.24 bits per heavy atom. The van der Waals surface area contributed by atoms with Crippen LogP contribution in [0, 0.1) is 11.3 Å². The summed E-state index contributed by atoms with van der Waals surface area (Å²) in [5.74, 6) is -0.171. The van der Waals surface area contributed by atoms with Crippen molar-refractivity contribution in [2.45, 2.75) is 13.3 Å². The average molecular weight is 288 g/mol. The molecule has 0 fully saturated rings. The summed E-state index contributed by atoms with van der Waals surface area (Å²) in [4.78, 5) is 24.9. The van der Waals surface area contributed by atoms with Crippen molar-refractivity contribution in [2.75, 3.05) is 32.0 Å². The summed E-state index contributed by atoms with van der Waals surface area (Å²) >= 11 is 0. The van der Waals surface area contributed by atoms with E-state index in [1.165, 1.54) is 0 Å². The summed E-state index contributed by atoms with van der Waals surface area (Å²) in [6.07, 6.45) is 0.301. The van der Waals surface area contributed by atoms with E-state index in [4.69, 9.17) is 5.26 Å². The molecule has 2 N–H and O–H groups in total. The van der Waals surface area contributed by atoms with E-state index in [2.05, 4.69) is 10.6 Å². The first-order chi connectivity index (χ1) is 10.0. The van der Waals surface area contributed by atoms with Crippen LogP contribution < -0.4 is 10.6 Å². The molecule has 0 heterocycles. The molecule has 0 aliphatic heterocycles. The van der Waals surface area contributed by atoms with E-state index in [0.717, 1.165) is 0 Å². The van der Waals surface area contributed by atoms with Gasteiger partial charge in [-0.05, 0) is 38.2 Å². The fourth-order valence-corrected chi connectivity index (χ4v) is 1.72. The molecule has 0 aromatic heterocycles. The van der Waals surface area contributed by atoms with Crippen LogP contribution in [0.1, 0.15) is 18.9 Å². The number of carbonyl (C=O) groups is 2. The Balaban J connectivity index is 2.33. The maximum absolute atomic E-state index is 11.8. The van der Waals surface area contributed by atoms with Crippen LogP contribution in [0.2, 0.25) is 0 Å². The number of likely N-dealkylation sites (N-methyl/N-ethyl adjacent to an activating group) is 2. The van der Waals surface area contributed by atoms with Gasteiger partial charge in [0.1, 0.15) is 0 Å². The molecule has 0 aliphatic rings. The number of anilines is 1. The molecule has 0 unspecified atom stereocenters. The van der Waals surface area contributed by atoms with E-state index in [1.54, 1.807) is 36.2 Å². The number of hydrogen-bond acceptors (Lipinski definition) is 4. The Bertz CT molecular complexity index is 519. The van der Waals surface area contributed by atoms with E-state index in [0.29, 0.717) is 30.8 Å². The average Bonchev–Trinajstić information content (AvgIpc) is 2.46. The zero-order valence-electron chi connectivity index (χ0n) is 12.3. The molecule has 0 atom stereocenters. The highest BCUT2D eigenvalue weighted by molar-refractivity contribution is 5.90. The number of nitriles is 1. The number of nitrogens with zero attached hydrogens (tertiary/aromatic N) is 2. The zero-order valence-corrected chi connectivity index (χ0v) is 12.3. The lowest BCUT2D eigenvalue weighted by atomic mass is 10.2. The molecular formula is C15H20N4O2. The molecule has 0 bridgehead atoms. The van der Waals surface area contributed by atoms with Crippen molar-refractivity contribution in [3.8, 4) is 6.07 Å². The standard InChI is InChI=1S/C15H20N4O2/c1-3-17-15(21)11-19(2)9-8-14(20)18-13-6-4-12(10-16)5-7-13/h4-7H,3,8-9,11H2,1-2H3,(H,17,21)(H,18,20). The summed E-state index contributed by atoms with van der Waals surface area (Å²) in [5, 5.41) is 14.1. The van der Waals surface area contributed by atoms with Gasteiger partial charge in [0.15, 0.2) is 0 Å². The molecule has 21 heavy (non-hydrogen) atoms. The fourth-order valence-electron chi connectivity index (χ4n) is 1.72. The Hall–Kier alpha value is -2.39. The third-order valence-corrected chi connectivity index (χ3v) is 2.81. The second-order valence-corrected chi connectivity index (χ2v) is 4.68. The predicted octanol–water partition coefficient (Wildman–Crippen LogP) is 0.955. The van der Waals surface area contributed by atoms with Crippen molar-refractivity contribution in [1.29, 1.82) is 5.26 Å². The molecule has 112 valence electrons. The number of amides is 2. The Morgan fingerprint density at radius 2 is 1.90 bits per heavy atom. The number of hydrogen-bond donors (Lipinski definition) is 2. The van der Waals surface area contributed by atoms with Gasteiger partial charge in [0.25, 0.3) is 0 Å². The lowest BCUT2D eigenvalue weighted by Crippen LogP contribution is -2.36. The van der Waals surface area contributed by atoms with Crippen LogP contribution in [0.3, 0.4) is 0 Å². The number of rotatable bonds is 7. The highest BCUT2D eigenvalue weighted by Crippen LogP contribution is 2.09. The van der Waals surface area contributed by atoms with Crippen LogP contribution in [0.5, 0.6) is 0 Å². The van der Waals surface area contributed by atoms with Gasteiger partial charge in [-0.15, -0.1) is 0 Å². The van der Waals surface area contributed by atoms with E-state index in [-0.39, 0.29) is 18.4 Å².